The van der Waals surface area contributed by atoms with Crippen molar-refractivity contribution >= 4 is 5.97 Å². The summed E-state index contributed by atoms with van der Waals surface area (Å²) in [7, 11) is 3.00. The zero-order chi connectivity index (χ0) is 16.7. The normalized spacial score (nSPS) is 9.55. The molecule has 0 radical (unpaired) electrons. The lowest BCUT2D eigenvalue weighted by Crippen LogP contribution is -2.04. The molecule has 0 aliphatic heterocycles. The van der Waals surface area contributed by atoms with Crippen LogP contribution in [-0.2, 0) is 4.74 Å². The van der Waals surface area contributed by atoms with Gasteiger partial charge in [-0.2, -0.15) is 0 Å². The van der Waals surface area contributed by atoms with Crippen molar-refractivity contribution in [2.75, 3.05) is 14.2 Å². The molecule has 4 nitrogen and oxygen atoms in total. The van der Waals surface area contributed by atoms with Crippen molar-refractivity contribution in [2.45, 2.75) is 27.7 Å². The number of esters is 1. The number of methoxy groups -OCH3 is 2. The molecular formula is C18H23NO3. The maximum absolute atomic E-state index is 11.4. The first kappa shape index (κ1) is 17.7. The number of rotatable bonds is 3. The standard InChI is InChI=1S/C16H17NO3.C2H6/c1-10-8-14(16(18)20-4)17-9-13(10)12-5-6-15(19-3)11(2)7-12;1-2/h5-9H,1-4H3;1-2H3. The predicted molar refractivity (Wildman–Crippen MR) is 88.4 cm³/mol. The highest BCUT2D eigenvalue weighted by atomic mass is 16.5. The third-order valence-electron chi connectivity index (χ3n) is 3.21. The molecule has 22 heavy (non-hydrogen) atoms. The number of pyridine rings is 1. The van der Waals surface area contributed by atoms with Gasteiger partial charge in [-0.1, -0.05) is 19.9 Å². The molecule has 0 spiro atoms. The van der Waals surface area contributed by atoms with Crippen LogP contribution in [0.3, 0.4) is 0 Å². The van der Waals surface area contributed by atoms with Crippen LogP contribution < -0.4 is 4.74 Å². The number of carbonyl (C=O) groups is 1. The Morgan fingerprint density at radius 1 is 1.05 bits per heavy atom. The second-order valence-corrected chi connectivity index (χ2v) is 4.56. The number of hydrogen-bond acceptors (Lipinski definition) is 4. The molecule has 0 unspecified atom stereocenters. The molecule has 0 N–H and O–H groups in total. The largest absolute Gasteiger partial charge is 0.496 e. The molecule has 0 aliphatic rings. The minimum absolute atomic E-state index is 0.319. The van der Waals surface area contributed by atoms with Crippen LogP contribution in [0.1, 0.15) is 35.5 Å². The van der Waals surface area contributed by atoms with E-state index in [1.54, 1.807) is 19.4 Å². The topological polar surface area (TPSA) is 48.4 Å². The van der Waals surface area contributed by atoms with E-state index in [9.17, 15) is 4.79 Å². The molecule has 4 heteroatoms. The van der Waals surface area contributed by atoms with Gasteiger partial charge in [0.05, 0.1) is 14.2 Å². The number of aryl methyl sites for hydroxylation is 2. The quantitative estimate of drug-likeness (QED) is 0.798. The van der Waals surface area contributed by atoms with E-state index in [1.807, 2.05) is 45.9 Å². The fraction of sp³-hybridized carbons (Fsp3) is 0.333. The summed E-state index contributed by atoms with van der Waals surface area (Å²) in [6, 6.07) is 7.69. The molecule has 1 heterocycles. The lowest BCUT2D eigenvalue weighted by molar-refractivity contribution is 0.0594. The molecule has 1 aromatic carbocycles. The Morgan fingerprint density at radius 3 is 2.23 bits per heavy atom. The van der Waals surface area contributed by atoms with Gasteiger partial charge in [0.15, 0.2) is 0 Å². The molecule has 0 saturated carbocycles. The number of aromatic nitrogens is 1. The highest BCUT2D eigenvalue weighted by molar-refractivity contribution is 5.88. The third-order valence-corrected chi connectivity index (χ3v) is 3.21. The van der Waals surface area contributed by atoms with Crippen molar-refractivity contribution in [3.8, 4) is 16.9 Å². The highest BCUT2D eigenvalue weighted by Crippen LogP contribution is 2.28. The fourth-order valence-electron chi connectivity index (χ4n) is 2.12. The fourth-order valence-corrected chi connectivity index (χ4v) is 2.12. The molecule has 0 saturated heterocycles. The average Bonchev–Trinajstić information content (AvgIpc) is 2.55. The van der Waals surface area contributed by atoms with Gasteiger partial charge >= 0.3 is 5.97 Å². The van der Waals surface area contributed by atoms with Crippen LogP contribution in [0.25, 0.3) is 11.1 Å². The third kappa shape index (κ3) is 3.85. The summed E-state index contributed by atoms with van der Waals surface area (Å²) in [6.07, 6.45) is 1.70. The lowest BCUT2D eigenvalue weighted by Gasteiger charge is -2.10. The van der Waals surface area contributed by atoms with E-state index in [-0.39, 0.29) is 0 Å². The van der Waals surface area contributed by atoms with Crippen LogP contribution in [0.2, 0.25) is 0 Å². The molecule has 2 rings (SSSR count). The van der Waals surface area contributed by atoms with Crippen LogP contribution in [0.4, 0.5) is 0 Å². The molecule has 0 atom stereocenters. The molecule has 0 fully saturated rings. The second-order valence-electron chi connectivity index (χ2n) is 4.56. The summed E-state index contributed by atoms with van der Waals surface area (Å²) in [4.78, 5) is 15.6. The van der Waals surface area contributed by atoms with E-state index in [4.69, 9.17) is 4.74 Å². The van der Waals surface area contributed by atoms with Crippen molar-refractivity contribution in [3.05, 3.63) is 47.3 Å². The molecule has 1 aromatic heterocycles. The van der Waals surface area contributed by atoms with Crippen LogP contribution in [0.5, 0.6) is 5.75 Å². The molecule has 0 aliphatic carbocycles. The SMILES string of the molecule is CC.COC(=O)c1cc(C)c(-c2ccc(OC)c(C)c2)cn1. The van der Waals surface area contributed by atoms with Crippen LogP contribution in [-0.4, -0.2) is 25.2 Å². The van der Waals surface area contributed by atoms with Gasteiger partial charge in [-0.15, -0.1) is 0 Å². The van der Waals surface area contributed by atoms with Gasteiger partial charge in [-0.05, 0) is 48.7 Å². The van der Waals surface area contributed by atoms with E-state index >= 15 is 0 Å². The minimum atomic E-state index is -0.425. The van der Waals surface area contributed by atoms with Gasteiger partial charge in [-0.3, -0.25) is 0 Å². The first-order valence-electron chi connectivity index (χ1n) is 7.26. The summed E-state index contributed by atoms with van der Waals surface area (Å²) < 4.78 is 9.92. The van der Waals surface area contributed by atoms with Gasteiger partial charge in [0, 0.05) is 11.8 Å². The van der Waals surface area contributed by atoms with E-state index in [2.05, 4.69) is 9.72 Å². The minimum Gasteiger partial charge on any atom is -0.496 e. The molecular weight excluding hydrogens is 278 g/mol. The number of benzene rings is 1. The van der Waals surface area contributed by atoms with Crippen LogP contribution in [0, 0.1) is 13.8 Å². The second kappa shape index (κ2) is 8.17. The Labute approximate surface area is 132 Å². The Balaban J connectivity index is 0.00000116. The Morgan fingerprint density at radius 2 is 1.73 bits per heavy atom. The smallest absolute Gasteiger partial charge is 0.356 e. The van der Waals surface area contributed by atoms with Gasteiger partial charge < -0.3 is 9.47 Å². The molecule has 0 amide bonds. The highest BCUT2D eigenvalue weighted by Gasteiger charge is 2.11. The van der Waals surface area contributed by atoms with Crippen molar-refractivity contribution < 1.29 is 14.3 Å². The van der Waals surface area contributed by atoms with Gasteiger partial charge in [0.25, 0.3) is 0 Å². The summed E-state index contributed by atoms with van der Waals surface area (Å²) in [5, 5.41) is 0. The van der Waals surface area contributed by atoms with E-state index in [0.717, 1.165) is 28.0 Å². The van der Waals surface area contributed by atoms with Gasteiger partial charge in [0.2, 0.25) is 0 Å². The predicted octanol–water partition coefficient (Wildman–Crippen LogP) is 4.19. The van der Waals surface area contributed by atoms with Gasteiger partial charge in [0.1, 0.15) is 11.4 Å². The maximum Gasteiger partial charge on any atom is 0.356 e. The number of ether oxygens (including phenoxy) is 2. The summed E-state index contributed by atoms with van der Waals surface area (Å²) in [6.45, 7) is 7.94. The van der Waals surface area contributed by atoms with Crippen molar-refractivity contribution in [1.82, 2.24) is 4.98 Å². The number of hydrogen-bond donors (Lipinski definition) is 0. The molecule has 0 bridgehead atoms. The average molecular weight is 301 g/mol. The Kier molecular flexibility index (Phi) is 6.57. The zero-order valence-electron chi connectivity index (χ0n) is 14.1. The van der Waals surface area contributed by atoms with E-state index < -0.39 is 5.97 Å². The number of nitrogens with zero attached hydrogens (tertiary/aromatic N) is 1. The zero-order valence-corrected chi connectivity index (χ0v) is 14.1. The first-order chi connectivity index (χ1) is 10.6. The maximum atomic E-state index is 11.4. The molecule has 2 aromatic rings. The lowest BCUT2D eigenvalue weighted by atomic mass is 10.00. The first-order valence-corrected chi connectivity index (χ1v) is 7.26. The van der Waals surface area contributed by atoms with Crippen molar-refractivity contribution in [3.63, 3.8) is 0 Å². The van der Waals surface area contributed by atoms with E-state index in [0.29, 0.717) is 5.69 Å². The number of carbonyl (C=O) groups excluding carboxylic acids is 1. The summed E-state index contributed by atoms with van der Waals surface area (Å²) in [5.74, 6) is 0.427. The van der Waals surface area contributed by atoms with Gasteiger partial charge in [-0.25, -0.2) is 9.78 Å². The monoisotopic (exact) mass is 301 g/mol. The summed E-state index contributed by atoms with van der Waals surface area (Å²) >= 11 is 0. The Hall–Kier alpha value is -2.36. The molecule has 118 valence electrons. The summed E-state index contributed by atoms with van der Waals surface area (Å²) in [5.41, 5.74) is 4.39. The van der Waals surface area contributed by atoms with Crippen molar-refractivity contribution in [2.24, 2.45) is 0 Å². The van der Waals surface area contributed by atoms with E-state index in [1.165, 1.54) is 7.11 Å². The van der Waals surface area contributed by atoms with Crippen LogP contribution >= 0.6 is 0 Å². The van der Waals surface area contributed by atoms with Crippen molar-refractivity contribution in [1.29, 1.82) is 0 Å². The van der Waals surface area contributed by atoms with Crippen LogP contribution in [0.15, 0.2) is 30.5 Å². The Bertz CT molecular complexity index is 651.